The van der Waals surface area contributed by atoms with Gasteiger partial charge in [-0.3, -0.25) is 0 Å². The number of aryl methyl sites for hydroxylation is 1. The molecule has 0 atom stereocenters. The summed E-state index contributed by atoms with van der Waals surface area (Å²) in [5.74, 6) is 0.301. The predicted octanol–water partition coefficient (Wildman–Crippen LogP) is 0.906. The van der Waals surface area contributed by atoms with Crippen molar-refractivity contribution in [3.63, 3.8) is 0 Å². The highest BCUT2D eigenvalue weighted by Crippen LogP contribution is 2.13. The van der Waals surface area contributed by atoms with E-state index in [4.69, 9.17) is 5.73 Å². The number of sulfonamides is 1. The standard InChI is InChI=1S/C13H17N5O2S/c1-10-9-18(13(14)16-10)15-8-11-4-6-12(7-5-11)21(19,20)17(2)3/h4-9H,1-3H3,(H2,14,16). The number of hydrogen-bond donors (Lipinski definition) is 1. The van der Waals surface area contributed by atoms with E-state index in [1.54, 1.807) is 36.7 Å². The summed E-state index contributed by atoms with van der Waals surface area (Å²) in [7, 11) is -0.421. The topological polar surface area (TPSA) is 93.6 Å². The number of hydrogen-bond acceptors (Lipinski definition) is 5. The second kappa shape index (κ2) is 5.66. The van der Waals surface area contributed by atoms with Crippen molar-refractivity contribution in [2.75, 3.05) is 19.8 Å². The molecule has 0 saturated heterocycles. The van der Waals surface area contributed by atoms with E-state index >= 15 is 0 Å². The van der Waals surface area contributed by atoms with Crippen molar-refractivity contribution in [2.45, 2.75) is 11.8 Å². The first-order valence-corrected chi connectivity index (χ1v) is 7.63. The van der Waals surface area contributed by atoms with Crippen LogP contribution in [-0.4, -0.2) is 42.7 Å². The van der Waals surface area contributed by atoms with Gasteiger partial charge in [-0.25, -0.2) is 22.4 Å². The van der Waals surface area contributed by atoms with Gasteiger partial charge in [0, 0.05) is 14.1 Å². The molecule has 1 aromatic carbocycles. The lowest BCUT2D eigenvalue weighted by atomic mass is 10.2. The monoisotopic (exact) mass is 307 g/mol. The minimum Gasteiger partial charge on any atom is -0.368 e. The van der Waals surface area contributed by atoms with Crippen LogP contribution in [0.15, 0.2) is 40.5 Å². The molecule has 0 spiro atoms. The van der Waals surface area contributed by atoms with E-state index in [1.807, 2.05) is 6.92 Å². The van der Waals surface area contributed by atoms with Crippen LogP contribution in [-0.2, 0) is 10.0 Å². The highest BCUT2D eigenvalue weighted by atomic mass is 32.2. The van der Waals surface area contributed by atoms with E-state index in [-0.39, 0.29) is 4.90 Å². The smallest absolute Gasteiger partial charge is 0.242 e. The molecule has 0 aliphatic rings. The van der Waals surface area contributed by atoms with Gasteiger partial charge in [-0.2, -0.15) is 5.10 Å². The number of anilines is 1. The number of imidazole rings is 1. The molecule has 0 unspecified atom stereocenters. The Morgan fingerprint density at radius 3 is 2.38 bits per heavy atom. The first kappa shape index (κ1) is 15.2. The van der Waals surface area contributed by atoms with Crippen LogP contribution in [0.5, 0.6) is 0 Å². The van der Waals surface area contributed by atoms with Gasteiger partial charge in [-0.1, -0.05) is 12.1 Å². The molecule has 0 aliphatic carbocycles. The zero-order valence-electron chi connectivity index (χ0n) is 12.1. The first-order valence-electron chi connectivity index (χ1n) is 6.19. The number of nitrogens with two attached hydrogens (primary N) is 1. The Bertz CT molecular complexity index is 760. The second-order valence-corrected chi connectivity index (χ2v) is 6.84. The molecule has 0 bridgehead atoms. The summed E-state index contributed by atoms with van der Waals surface area (Å²) in [6.45, 7) is 1.82. The Hall–Kier alpha value is -2.19. The Kier molecular flexibility index (Phi) is 4.10. The Morgan fingerprint density at radius 2 is 1.90 bits per heavy atom. The SMILES string of the molecule is Cc1cn(N=Cc2ccc(S(=O)(=O)N(C)C)cc2)c(N)n1. The molecule has 1 aromatic heterocycles. The van der Waals surface area contributed by atoms with Crippen LogP contribution in [0.1, 0.15) is 11.3 Å². The molecule has 7 nitrogen and oxygen atoms in total. The van der Waals surface area contributed by atoms with Crippen molar-refractivity contribution in [3.05, 3.63) is 41.7 Å². The molecule has 0 amide bonds. The van der Waals surface area contributed by atoms with Crippen LogP contribution in [0.2, 0.25) is 0 Å². The molecular weight excluding hydrogens is 290 g/mol. The summed E-state index contributed by atoms with van der Waals surface area (Å²) in [5, 5.41) is 4.17. The van der Waals surface area contributed by atoms with Gasteiger partial charge in [0.05, 0.1) is 23.0 Å². The average Bonchev–Trinajstić information content (AvgIpc) is 2.75. The molecule has 21 heavy (non-hydrogen) atoms. The number of benzene rings is 1. The molecule has 2 aromatic rings. The lowest BCUT2D eigenvalue weighted by Gasteiger charge is -2.10. The van der Waals surface area contributed by atoms with Gasteiger partial charge >= 0.3 is 0 Å². The van der Waals surface area contributed by atoms with E-state index in [0.717, 1.165) is 11.3 Å². The second-order valence-electron chi connectivity index (χ2n) is 4.69. The molecular formula is C13H17N5O2S. The highest BCUT2D eigenvalue weighted by Gasteiger charge is 2.16. The maximum atomic E-state index is 11.9. The fourth-order valence-corrected chi connectivity index (χ4v) is 2.56. The van der Waals surface area contributed by atoms with E-state index in [9.17, 15) is 8.42 Å². The molecule has 2 rings (SSSR count). The van der Waals surface area contributed by atoms with Crippen molar-refractivity contribution in [1.82, 2.24) is 14.0 Å². The summed E-state index contributed by atoms with van der Waals surface area (Å²) < 4.78 is 26.5. The van der Waals surface area contributed by atoms with Crippen LogP contribution in [0, 0.1) is 6.92 Å². The Labute approximate surface area is 123 Å². The average molecular weight is 307 g/mol. The van der Waals surface area contributed by atoms with Gasteiger partial charge in [-0.05, 0) is 24.6 Å². The van der Waals surface area contributed by atoms with Crippen LogP contribution < -0.4 is 5.73 Å². The highest BCUT2D eigenvalue weighted by molar-refractivity contribution is 7.89. The van der Waals surface area contributed by atoms with E-state index < -0.39 is 10.0 Å². The maximum Gasteiger partial charge on any atom is 0.242 e. The van der Waals surface area contributed by atoms with Crippen LogP contribution in [0.3, 0.4) is 0 Å². The van der Waals surface area contributed by atoms with Crippen LogP contribution in [0.4, 0.5) is 5.95 Å². The summed E-state index contributed by atoms with van der Waals surface area (Å²) in [4.78, 5) is 4.27. The third-order valence-electron chi connectivity index (χ3n) is 2.82. The van der Waals surface area contributed by atoms with E-state index in [0.29, 0.717) is 5.95 Å². The molecule has 1 heterocycles. The fourth-order valence-electron chi connectivity index (χ4n) is 1.66. The van der Waals surface area contributed by atoms with Gasteiger partial charge in [0.15, 0.2) is 0 Å². The summed E-state index contributed by atoms with van der Waals surface area (Å²) in [5.41, 5.74) is 7.21. The van der Waals surface area contributed by atoms with Gasteiger partial charge in [-0.15, -0.1) is 0 Å². The molecule has 0 fully saturated rings. The number of nitrogen functional groups attached to an aromatic ring is 1. The van der Waals surface area contributed by atoms with Gasteiger partial charge in [0.1, 0.15) is 0 Å². The van der Waals surface area contributed by atoms with Crippen LogP contribution in [0.25, 0.3) is 0 Å². The van der Waals surface area contributed by atoms with Crippen molar-refractivity contribution < 1.29 is 8.42 Å². The lowest BCUT2D eigenvalue weighted by Crippen LogP contribution is -2.22. The summed E-state index contributed by atoms with van der Waals surface area (Å²) in [6, 6.07) is 6.44. The molecule has 112 valence electrons. The minimum atomic E-state index is -3.41. The van der Waals surface area contributed by atoms with Crippen molar-refractivity contribution in [1.29, 1.82) is 0 Å². The van der Waals surface area contributed by atoms with Crippen molar-refractivity contribution in [2.24, 2.45) is 5.10 Å². The minimum absolute atomic E-state index is 0.239. The van der Waals surface area contributed by atoms with Gasteiger partial charge < -0.3 is 5.73 Å². The first-order chi connectivity index (χ1) is 9.80. The predicted molar refractivity (Wildman–Crippen MR) is 81.7 cm³/mol. The summed E-state index contributed by atoms with van der Waals surface area (Å²) >= 11 is 0. The number of rotatable bonds is 4. The molecule has 0 aliphatic heterocycles. The molecule has 2 N–H and O–H groups in total. The largest absolute Gasteiger partial charge is 0.368 e. The Morgan fingerprint density at radius 1 is 1.29 bits per heavy atom. The Balaban J connectivity index is 2.22. The third kappa shape index (κ3) is 3.29. The third-order valence-corrected chi connectivity index (χ3v) is 4.65. The number of nitrogens with zero attached hydrogens (tertiary/aromatic N) is 4. The maximum absolute atomic E-state index is 11.9. The molecule has 8 heteroatoms. The van der Waals surface area contributed by atoms with E-state index in [1.165, 1.54) is 23.1 Å². The fraction of sp³-hybridized carbons (Fsp3) is 0.231. The van der Waals surface area contributed by atoms with Gasteiger partial charge in [0.25, 0.3) is 0 Å². The van der Waals surface area contributed by atoms with E-state index in [2.05, 4.69) is 10.1 Å². The molecule has 0 radical (unpaired) electrons. The quantitative estimate of drug-likeness (QED) is 0.849. The zero-order chi connectivity index (χ0) is 15.6. The van der Waals surface area contributed by atoms with Crippen LogP contribution >= 0.6 is 0 Å². The normalized spacial score (nSPS) is 12.4. The zero-order valence-corrected chi connectivity index (χ0v) is 12.9. The summed E-state index contributed by atoms with van der Waals surface area (Å²) in [6.07, 6.45) is 3.29. The lowest BCUT2D eigenvalue weighted by molar-refractivity contribution is 0.521. The van der Waals surface area contributed by atoms with Crippen molar-refractivity contribution >= 4 is 22.2 Å². The van der Waals surface area contributed by atoms with Crippen molar-refractivity contribution in [3.8, 4) is 0 Å². The number of aromatic nitrogens is 2. The van der Waals surface area contributed by atoms with Gasteiger partial charge in [0.2, 0.25) is 16.0 Å². The molecule has 0 saturated carbocycles.